The summed E-state index contributed by atoms with van der Waals surface area (Å²) in [6, 6.07) is 0. The van der Waals surface area contributed by atoms with Gasteiger partial charge in [0, 0.05) is 5.41 Å². The van der Waals surface area contributed by atoms with Crippen LogP contribution in [0.2, 0.25) is 0 Å². The van der Waals surface area contributed by atoms with Crippen molar-refractivity contribution in [3.8, 4) is 0 Å². The summed E-state index contributed by atoms with van der Waals surface area (Å²) in [5.74, 6) is -1.84. The van der Waals surface area contributed by atoms with E-state index in [0.29, 0.717) is 6.42 Å². The Morgan fingerprint density at radius 1 is 1.26 bits per heavy atom. The molecule has 0 bridgehead atoms. The molecule has 3 N–H and O–H groups in total. The second-order valence-electron chi connectivity index (χ2n) is 7.63. The topological polar surface area (TPSA) is 77.8 Å². The number of fused-ring (bicyclic) bond motifs is 1. The summed E-state index contributed by atoms with van der Waals surface area (Å²) >= 11 is 0. The van der Waals surface area contributed by atoms with E-state index in [4.69, 9.17) is 0 Å². The molecule has 2 rings (SSSR count). The molecule has 4 heteroatoms. The van der Waals surface area contributed by atoms with Crippen LogP contribution in [-0.2, 0) is 4.79 Å². The molecule has 4 nitrogen and oxygen atoms in total. The van der Waals surface area contributed by atoms with Crippen LogP contribution in [0, 0.1) is 28.6 Å². The number of carboxylic acid groups (broad SMARTS) is 1. The van der Waals surface area contributed by atoms with E-state index < -0.39 is 22.9 Å². The van der Waals surface area contributed by atoms with Crippen molar-refractivity contribution in [1.82, 2.24) is 0 Å². The van der Waals surface area contributed by atoms with Crippen molar-refractivity contribution >= 4 is 5.97 Å². The maximum Gasteiger partial charge on any atom is 0.309 e. The van der Waals surface area contributed by atoms with Gasteiger partial charge < -0.3 is 15.3 Å². The predicted molar refractivity (Wildman–Crippen MR) is 71.6 cm³/mol. The van der Waals surface area contributed by atoms with Crippen molar-refractivity contribution in [2.75, 3.05) is 6.61 Å². The molecule has 2 fully saturated rings. The molecule has 19 heavy (non-hydrogen) atoms. The Balaban J connectivity index is 2.57. The molecule has 0 amide bonds. The Morgan fingerprint density at radius 2 is 1.84 bits per heavy atom. The average molecular weight is 270 g/mol. The van der Waals surface area contributed by atoms with E-state index in [9.17, 15) is 20.1 Å². The molecule has 0 unspecified atom stereocenters. The predicted octanol–water partition coefficient (Wildman–Crippen LogP) is 1.89. The average Bonchev–Trinajstić information content (AvgIpc) is 2.42. The number of aliphatic hydroxyl groups excluding tert-OH is 1. The molecule has 0 radical (unpaired) electrons. The van der Waals surface area contributed by atoms with Crippen LogP contribution >= 0.6 is 0 Å². The molecule has 0 saturated heterocycles. The SMILES string of the molecule is C[C@@H]1CC[C@@H]2C(C)(C)C[C@](C)(CO)[C@@]2(O)[C@@H]1C(=O)O. The fourth-order valence-corrected chi connectivity index (χ4v) is 5.13. The Labute approximate surface area is 114 Å². The monoisotopic (exact) mass is 270 g/mol. The molecular formula is C15H26O4. The molecule has 2 aliphatic rings. The van der Waals surface area contributed by atoms with Crippen LogP contribution in [0.5, 0.6) is 0 Å². The third kappa shape index (κ3) is 1.76. The van der Waals surface area contributed by atoms with Gasteiger partial charge in [0.2, 0.25) is 0 Å². The standard InChI is InChI=1S/C15H26O4/c1-9-5-6-10-13(2,3)7-14(4,8-16)15(10,19)11(9)12(17)18/h9-11,16,19H,5-8H2,1-4H3,(H,17,18)/t9-,10-,11+,14-,15+/m1/s1. The third-order valence-corrected chi connectivity index (χ3v) is 5.86. The largest absolute Gasteiger partial charge is 0.481 e. The van der Waals surface area contributed by atoms with Crippen molar-refractivity contribution in [3.63, 3.8) is 0 Å². The quantitative estimate of drug-likeness (QED) is 0.716. The number of hydrogen-bond donors (Lipinski definition) is 3. The Kier molecular flexibility index (Phi) is 3.26. The molecule has 0 aromatic heterocycles. The van der Waals surface area contributed by atoms with Gasteiger partial charge in [-0.3, -0.25) is 4.79 Å². The van der Waals surface area contributed by atoms with Crippen molar-refractivity contribution < 1.29 is 20.1 Å². The first-order valence-electron chi connectivity index (χ1n) is 7.16. The van der Waals surface area contributed by atoms with Gasteiger partial charge in [-0.05, 0) is 36.5 Å². The van der Waals surface area contributed by atoms with E-state index in [0.717, 1.165) is 12.8 Å². The molecule has 110 valence electrons. The number of rotatable bonds is 2. The minimum absolute atomic E-state index is 0.0569. The van der Waals surface area contributed by atoms with Gasteiger partial charge in [-0.15, -0.1) is 0 Å². The number of aliphatic carboxylic acids is 1. The minimum atomic E-state index is -1.31. The van der Waals surface area contributed by atoms with E-state index in [1.807, 2.05) is 13.8 Å². The van der Waals surface area contributed by atoms with Gasteiger partial charge in [0.1, 0.15) is 0 Å². The summed E-state index contributed by atoms with van der Waals surface area (Å²) in [5, 5.41) is 30.7. The summed E-state index contributed by atoms with van der Waals surface area (Å²) in [6.07, 6.45) is 2.33. The summed E-state index contributed by atoms with van der Waals surface area (Å²) in [4.78, 5) is 11.7. The first-order chi connectivity index (χ1) is 8.60. The van der Waals surface area contributed by atoms with Crippen LogP contribution in [0.3, 0.4) is 0 Å². The lowest BCUT2D eigenvalue weighted by Crippen LogP contribution is -2.61. The van der Waals surface area contributed by atoms with Crippen LogP contribution in [0.25, 0.3) is 0 Å². The molecule has 0 aliphatic heterocycles. The lowest BCUT2D eigenvalue weighted by Gasteiger charge is -2.51. The van der Waals surface area contributed by atoms with Crippen LogP contribution < -0.4 is 0 Å². The number of aliphatic hydroxyl groups is 2. The number of carboxylic acids is 1. The summed E-state index contributed by atoms with van der Waals surface area (Å²) in [5.41, 5.74) is -2.19. The van der Waals surface area contributed by atoms with E-state index in [1.54, 1.807) is 0 Å². The van der Waals surface area contributed by atoms with Crippen LogP contribution in [-0.4, -0.2) is 33.5 Å². The highest BCUT2D eigenvalue weighted by Crippen LogP contribution is 2.66. The van der Waals surface area contributed by atoms with Gasteiger partial charge in [-0.25, -0.2) is 0 Å². The maximum atomic E-state index is 11.7. The molecule has 2 saturated carbocycles. The highest BCUT2D eigenvalue weighted by Gasteiger charge is 2.70. The van der Waals surface area contributed by atoms with Gasteiger partial charge >= 0.3 is 5.97 Å². The molecule has 0 heterocycles. The van der Waals surface area contributed by atoms with E-state index in [2.05, 4.69) is 13.8 Å². The highest BCUT2D eigenvalue weighted by atomic mass is 16.4. The number of carbonyl (C=O) groups is 1. The van der Waals surface area contributed by atoms with E-state index in [-0.39, 0.29) is 23.9 Å². The van der Waals surface area contributed by atoms with Crippen molar-refractivity contribution in [2.45, 2.75) is 52.6 Å². The zero-order valence-electron chi connectivity index (χ0n) is 12.3. The van der Waals surface area contributed by atoms with Crippen molar-refractivity contribution in [3.05, 3.63) is 0 Å². The smallest absolute Gasteiger partial charge is 0.309 e. The van der Waals surface area contributed by atoms with Crippen molar-refractivity contribution in [2.24, 2.45) is 28.6 Å². The fourth-order valence-electron chi connectivity index (χ4n) is 5.13. The molecule has 0 aromatic carbocycles. The minimum Gasteiger partial charge on any atom is -0.481 e. The second-order valence-corrected chi connectivity index (χ2v) is 7.63. The van der Waals surface area contributed by atoms with Gasteiger partial charge in [-0.2, -0.15) is 0 Å². The maximum absolute atomic E-state index is 11.7. The number of hydrogen-bond acceptors (Lipinski definition) is 3. The van der Waals surface area contributed by atoms with Gasteiger partial charge in [0.05, 0.1) is 18.1 Å². The summed E-state index contributed by atoms with van der Waals surface area (Å²) in [6.45, 7) is 7.73. The van der Waals surface area contributed by atoms with Crippen LogP contribution in [0.1, 0.15) is 47.0 Å². The van der Waals surface area contributed by atoms with Crippen LogP contribution in [0.4, 0.5) is 0 Å². The molecular weight excluding hydrogens is 244 g/mol. The van der Waals surface area contributed by atoms with Crippen LogP contribution in [0.15, 0.2) is 0 Å². The van der Waals surface area contributed by atoms with E-state index in [1.165, 1.54) is 0 Å². The third-order valence-electron chi connectivity index (χ3n) is 5.86. The first kappa shape index (κ1) is 14.8. The fraction of sp³-hybridized carbons (Fsp3) is 0.933. The molecule has 5 atom stereocenters. The van der Waals surface area contributed by atoms with E-state index >= 15 is 0 Å². The normalized spacial score (nSPS) is 48.8. The Hall–Kier alpha value is -0.610. The van der Waals surface area contributed by atoms with Gasteiger partial charge in [-0.1, -0.05) is 27.7 Å². The Morgan fingerprint density at radius 3 is 2.32 bits per heavy atom. The van der Waals surface area contributed by atoms with Crippen molar-refractivity contribution in [1.29, 1.82) is 0 Å². The lowest BCUT2D eigenvalue weighted by molar-refractivity contribution is -0.197. The highest BCUT2D eigenvalue weighted by molar-refractivity contribution is 5.72. The zero-order chi connectivity index (χ0) is 14.6. The second kappa shape index (κ2) is 4.19. The molecule has 0 spiro atoms. The molecule has 0 aromatic rings. The Bertz CT molecular complexity index is 392. The van der Waals surface area contributed by atoms with Gasteiger partial charge in [0.15, 0.2) is 0 Å². The van der Waals surface area contributed by atoms with Gasteiger partial charge in [0.25, 0.3) is 0 Å². The lowest BCUT2D eigenvalue weighted by atomic mass is 9.56. The molecule has 2 aliphatic carbocycles. The zero-order valence-corrected chi connectivity index (χ0v) is 12.3. The first-order valence-corrected chi connectivity index (χ1v) is 7.16. The summed E-state index contributed by atoms with van der Waals surface area (Å²) in [7, 11) is 0. The summed E-state index contributed by atoms with van der Waals surface area (Å²) < 4.78 is 0.